The molecular formula is C14H22ClNO4S. The van der Waals surface area contributed by atoms with Crippen LogP contribution in [0.5, 0.6) is 0 Å². The van der Waals surface area contributed by atoms with Crippen molar-refractivity contribution in [3.8, 4) is 0 Å². The molecule has 0 radical (unpaired) electrons. The third-order valence-electron chi connectivity index (χ3n) is 3.10. The van der Waals surface area contributed by atoms with Gasteiger partial charge in [-0.3, -0.25) is 0 Å². The lowest BCUT2D eigenvalue weighted by molar-refractivity contribution is 0.119. The summed E-state index contributed by atoms with van der Waals surface area (Å²) in [5, 5.41) is 0. The van der Waals surface area contributed by atoms with E-state index in [1.807, 2.05) is 6.92 Å². The molecule has 1 aromatic carbocycles. The molecule has 1 rings (SSSR count). The zero-order valence-electron chi connectivity index (χ0n) is 12.6. The Morgan fingerprint density at radius 1 is 1.19 bits per heavy atom. The molecular weight excluding hydrogens is 314 g/mol. The number of halogens is 1. The highest BCUT2D eigenvalue weighted by Crippen LogP contribution is 2.19. The minimum Gasteiger partial charge on any atom is -0.383 e. The van der Waals surface area contributed by atoms with Crippen molar-refractivity contribution < 1.29 is 17.9 Å². The topological polar surface area (TPSA) is 55.8 Å². The van der Waals surface area contributed by atoms with Gasteiger partial charge in [-0.2, -0.15) is 4.31 Å². The second kappa shape index (κ2) is 8.70. The summed E-state index contributed by atoms with van der Waals surface area (Å²) < 4.78 is 36.9. The van der Waals surface area contributed by atoms with E-state index < -0.39 is 10.0 Å². The molecule has 0 aliphatic rings. The van der Waals surface area contributed by atoms with E-state index in [9.17, 15) is 8.42 Å². The number of rotatable bonds is 9. The van der Waals surface area contributed by atoms with Gasteiger partial charge in [-0.15, -0.1) is 11.6 Å². The lowest BCUT2D eigenvalue weighted by Crippen LogP contribution is -2.42. The Kier molecular flexibility index (Phi) is 7.62. The Labute approximate surface area is 131 Å². The third kappa shape index (κ3) is 4.93. The highest BCUT2D eigenvalue weighted by atomic mass is 35.5. The molecule has 0 spiro atoms. The first kappa shape index (κ1) is 18.4. The van der Waals surface area contributed by atoms with Crippen molar-refractivity contribution in [3.05, 3.63) is 29.8 Å². The van der Waals surface area contributed by atoms with Crippen LogP contribution in [0.1, 0.15) is 12.5 Å². The predicted octanol–water partition coefficient (Wildman–Crippen LogP) is 2.10. The fourth-order valence-electron chi connectivity index (χ4n) is 1.97. The number of benzene rings is 1. The molecule has 0 saturated carbocycles. The second-order valence-electron chi connectivity index (χ2n) is 4.69. The van der Waals surface area contributed by atoms with Crippen LogP contribution in [0, 0.1) is 0 Å². The predicted molar refractivity (Wildman–Crippen MR) is 83.1 cm³/mol. The first-order chi connectivity index (χ1) is 9.97. The van der Waals surface area contributed by atoms with Crippen molar-refractivity contribution in [1.82, 2.24) is 4.31 Å². The minimum atomic E-state index is -3.59. The molecule has 1 aromatic rings. The van der Waals surface area contributed by atoms with Gasteiger partial charge in [0.2, 0.25) is 10.0 Å². The van der Waals surface area contributed by atoms with Crippen molar-refractivity contribution in [2.24, 2.45) is 0 Å². The monoisotopic (exact) mass is 335 g/mol. The van der Waals surface area contributed by atoms with Gasteiger partial charge in [0.1, 0.15) is 0 Å². The van der Waals surface area contributed by atoms with Crippen LogP contribution in [0.3, 0.4) is 0 Å². The average molecular weight is 336 g/mol. The van der Waals surface area contributed by atoms with E-state index in [0.717, 1.165) is 5.56 Å². The molecule has 0 aliphatic carbocycles. The first-order valence-corrected chi connectivity index (χ1v) is 8.59. The number of nitrogens with zero attached hydrogens (tertiary/aromatic N) is 1. The van der Waals surface area contributed by atoms with Gasteiger partial charge in [-0.25, -0.2) is 8.42 Å². The molecule has 0 N–H and O–H groups in total. The summed E-state index contributed by atoms with van der Waals surface area (Å²) >= 11 is 5.72. The molecule has 5 nitrogen and oxygen atoms in total. The number of methoxy groups -OCH3 is 2. The van der Waals surface area contributed by atoms with Crippen LogP contribution in [0.2, 0.25) is 0 Å². The molecule has 1 atom stereocenters. The molecule has 7 heteroatoms. The van der Waals surface area contributed by atoms with Gasteiger partial charge < -0.3 is 9.47 Å². The number of sulfonamides is 1. The van der Waals surface area contributed by atoms with Gasteiger partial charge in [0.05, 0.1) is 18.1 Å². The highest BCUT2D eigenvalue weighted by Gasteiger charge is 2.28. The largest absolute Gasteiger partial charge is 0.383 e. The minimum absolute atomic E-state index is 0.246. The summed E-state index contributed by atoms with van der Waals surface area (Å²) in [6.45, 7) is 2.74. The Hall–Kier alpha value is -0.660. The Bertz CT molecular complexity index is 518. The van der Waals surface area contributed by atoms with Crippen molar-refractivity contribution >= 4 is 21.6 Å². The van der Waals surface area contributed by atoms with Gasteiger partial charge in [0, 0.05) is 32.7 Å². The SMILES string of the molecule is COCCN(C(C)COC)S(=O)(=O)c1ccc(CCl)cc1. The van der Waals surface area contributed by atoms with E-state index in [2.05, 4.69) is 0 Å². The van der Waals surface area contributed by atoms with Gasteiger partial charge in [0.25, 0.3) is 0 Å². The van der Waals surface area contributed by atoms with E-state index in [-0.39, 0.29) is 17.5 Å². The lowest BCUT2D eigenvalue weighted by atomic mass is 10.2. The molecule has 0 saturated heterocycles. The maximum atomic E-state index is 12.7. The fraction of sp³-hybridized carbons (Fsp3) is 0.571. The van der Waals surface area contributed by atoms with E-state index in [1.165, 1.54) is 4.31 Å². The summed E-state index contributed by atoms with van der Waals surface area (Å²) in [5.74, 6) is 0.355. The summed E-state index contributed by atoms with van der Waals surface area (Å²) in [5.41, 5.74) is 0.879. The Morgan fingerprint density at radius 2 is 1.81 bits per heavy atom. The first-order valence-electron chi connectivity index (χ1n) is 6.62. The smallest absolute Gasteiger partial charge is 0.243 e. The van der Waals surface area contributed by atoms with Gasteiger partial charge >= 0.3 is 0 Å². The molecule has 0 heterocycles. The standard InChI is InChI=1S/C14H22ClNO4S/c1-12(11-20-3)16(8-9-19-2)21(17,18)14-6-4-13(10-15)5-7-14/h4-7,12H,8-11H2,1-3H3. The van der Waals surface area contributed by atoms with E-state index in [0.29, 0.717) is 19.1 Å². The molecule has 1 unspecified atom stereocenters. The molecule has 120 valence electrons. The summed E-state index contributed by atoms with van der Waals surface area (Å²) in [6.07, 6.45) is 0. The third-order valence-corrected chi connectivity index (χ3v) is 5.44. The summed E-state index contributed by atoms with van der Waals surface area (Å²) in [6, 6.07) is 6.31. The maximum absolute atomic E-state index is 12.7. The number of ether oxygens (including phenoxy) is 2. The Balaban J connectivity index is 3.06. The lowest BCUT2D eigenvalue weighted by Gasteiger charge is -2.27. The van der Waals surface area contributed by atoms with E-state index in [4.69, 9.17) is 21.1 Å². The molecule has 0 aliphatic heterocycles. The van der Waals surface area contributed by atoms with Crippen LogP contribution >= 0.6 is 11.6 Å². The van der Waals surface area contributed by atoms with Crippen LogP contribution in [-0.2, 0) is 25.4 Å². The number of alkyl halides is 1. The van der Waals surface area contributed by atoms with E-state index in [1.54, 1.807) is 38.5 Å². The molecule has 0 bridgehead atoms. The normalized spacial score (nSPS) is 13.6. The van der Waals surface area contributed by atoms with Gasteiger partial charge in [0.15, 0.2) is 0 Å². The maximum Gasteiger partial charge on any atom is 0.243 e. The fourth-order valence-corrected chi connectivity index (χ4v) is 3.75. The molecule has 0 aromatic heterocycles. The number of hydrogen-bond donors (Lipinski definition) is 0. The van der Waals surface area contributed by atoms with Crippen LogP contribution in [0.4, 0.5) is 0 Å². The van der Waals surface area contributed by atoms with Crippen molar-refractivity contribution in [1.29, 1.82) is 0 Å². The average Bonchev–Trinajstić information content (AvgIpc) is 2.47. The van der Waals surface area contributed by atoms with Crippen molar-refractivity contribution in [3.63, 3.8) is 0 Å². The van der Waals surface area contributed by atoms with Crippen LogP contribution in [0.25, 0.3) is 0 Å². The molecule has 0 fully saturated rings. The highest BCUT2D eigenvalue weighted by molar-refractivity contribution is 7.89. The molecule has 0 amide bonds. The van der Waals surface area contributed by atoms with Crippen LogP contribution in [-0.4, -0.2) is 52.7 Å². The van der Waals surface area contributed by atoms with Crippen molar-refractivity contribution in [2.75, 3.05) is 34.0 Å². The summed E-state index contributed by atoms with van der Waals surface area (Å²) in [7, 11) is -0.498. The Morgan fingerprint density at radius 3 is 2.29 bits per heavy atom. The number of hydrogen-bond acceptors (Lipinski definition) is 4. The second-order valence-corrected chi connectivity index (χ2v) is 6.85. The van der Waals surface area contributed by atoms with Gasteiger partial charge in [-0.1, -0.05) is 12.1 Å². The van der Waals surface area contributed by atoms with Crippen molar-refractivity contribution in [2.45, 2.75) is 23.7 Å². The zero-order valence-corrected chi connectivity index (χ0v) is 14.2. The molecule has 21 heavy (non-hydrogen) atoms. The quantitative estimate of drug-likeness (QED) is 0.648. The zero-order chi connectivity index (χ0) is 15.9. The summed E-state index contributed by atoms with van der Waals surface area (Å²) in [4.78, 5) is 0.246. The van der Waals surface area contributed by atoms with Crippen LogP contribution in [0.15, 0.2) is 29.2 Å². The van der Waals surface area contributed by atoms with E-state index >= 15 is 0 Å². The van der Waals surface area contributed by atoms with Crippen LogP contribution < -0.4 is 0 Å². The van der Waals surface area contributed by atoms with Gasteiger partial charge in [-0.05, 0) is 24.6 Å².